The van der Waals surface area contributed by atoms with E-state index in [1.807, 2.05) is 17.5 Å². The number of anilines is 1. The van der Waals surface area contributed by atoms with Gasteiger partial charge in [-0.3, -0.25) is 4.72 Å². The van der Waals surface area contributed by atoms with Crippen molar-refractivity contribution in [2.75, 3.05) is 18.1 Å². The summed E-state index contributed by atoms with van der Waals surface area (Å²) in [5.74, 6) is -0.533. The number of rotatable bonds is 7. The van der Waals surface area contributed by atoms with Crippen LogP contribution in [0.15, 0.2) is 63.7 Å². The summed E-state index contributed by atoms with van der Waals surface area (Å²) >= 11 is 1.41. The van der Waals surface area contributed by atoms with Gasteiger partial charge in [0.2, 0.25) is 0 Å². The molecule has 1 heterocycles. The fourth-order valence-electron chi connectivity index (χ4n) is 3.43. The van der Waals surface area contributed by atoms with Crippen molar-refractivity contribution in [3.8, 4) is 10.4 Å². The van der Waals surface area contributed by atoms with Gasteiger partial charge in [-0.25, -0.2) is 21.6 Å². The largest absolute Gasteiger partial charge is 0.465 e. The Balaban J connectivity index is 1.84. The third-order valence-corrected chi connectivity index (χ3v) is 8.63. The van der Waals surface area contributed by atoms with Gasteiger partial charge >= 0.3 is 5.97 Å². The van der Waals surface area contributed by atoms with Crippen molar-refractivity contribution in [2.45, 2.75) is 28.6 Å². The van der Waals surface area contributed by atoms with Gasteiger partial charge in [-0.1, -0.05) is 18.2 Å². The fourth-order valence-corrected chi connectivity index (χ4v) is 6.24. The number of hydrogen-bond donors (Lipinski definition) is 1. The Morgan fingerprint density at radius 1 is 1.06 bits per heavy atom. The highest BCUT2D eigenvalue weighted by molar-refractivity contribution is 7.92. The number of nitrogens with one attached hydrogen (secondary N) is 1. The van der Waals surface area contributed by atoms with Crippen LogP contribution in [0.25, 0.3) is 10.4 Å². The second-order valence-corrected chi connectivity index (χ2v) is 12.2. The summed E-state index contributed by atoms with van der Waals surface area (Å²) in [5.41, 5.74) is 1.47. The van der Waals surface area contributed by atoms with Crippen LogP contribution < -0.4 is 4.72 Å². The molecule has 0 amide bonds. The summed E-state index contributed by atoms with van der Waals surface area (Å²) in [6.07, 6.45) is 2.80. The number of methoxy groups -OCH3 is 1. The minimum absolute atomic E-state index is 0.00114. The monoisotopic (exact) mass is 491 g/mol. The smallest absolute Gasteiger partial charge is 0.337 e. The molecule has 1 aromatic heterocycles. The normalized spacial score (nSPS) is 14.2. The predicted octanol–water partition coefficient (Wildman–Crippen LogP) is 4.28. The molecule has 0 unspecified atom stereocenters. The van der Waals surface area contributed by atoms with Crippen molar-refractivity contribution in [3.05, 3.63) is 65.0 Å². The minimum Gasteiger partial charge on any atom is -0.465 e. The molecule has 1 N–H and O–H groups in total. The van der Waals surface area contributed by atoms with E-state index in [1.165, 1.54) is 36.6 Å². The van der Waals surface area contributed by atoms with Crippen molar-refractivity contribution < 1.29 is 26.4 Å². The van der Waals surface area contributed by atoms with Crippen LogP contribution >= 0.6 is 11.3 Å². The Labute approximate surface area is 191 Å². The van der Waals surface area contributed by atoms with Crippen LogP contribution in [0.4, 0.5) is 5.69 Å². The highest BCUT2D eigenvalue weighted by Gasteiger charge is 2.32. The minimum atomic E-state index is -4.14. The van der Waals surface area contributed by atoms with Crippen LogP contribution in [0.3, 0.4) is 0 Å². The summed E-state index contributed by atoms with van der Waals surface area (Å²) in [5, 5.41) is 1.85. The standard InChI is InChI=1S/C22H21NO6S3/c1-29-22(24)15-7-9-17(14-5-6-14)21(12-15)32(27,28)23-19-13-16(31(2,25)26)8-10-18(19)20-4-3-11-30-20/h3-4,7-14,23H,5-6H2,1-2H3. The number of carbonyl (C=O) groups is 1. The van der Waals surface area contributed by atoms with Gasteiger partial charge in [-0.15, -0.1) is 11.3 Å². The molecule has 4 rings (SSSR count). The molecule has 1 saturated carbocycles. The zero-order valence-corrected chi connectivity index (χ0v) is 19.8. The number of sulfone groups is 1. The maximum Gasteiger partial charge on any atom is 0.337 e. The van der Waals surface area contributed by atoms with E-state index in [0.717, 1.165) is 24.0 Å². The van der Waals surface area contributed by atoms with E-state index in [4.69, 9.17) is 4.74 Å². The lowest BCUT2D eigenvalue weighted by Crippen LogP contribution is -2.17. The lowest BCUT2D eigenvalue weighted by molar-refractivity contribution is 0.0600. The number of hydrogen-bond acceptors (Lipinski definition) is 7. The van der Waals surface area contributed by atoms with E-state index < -0.39 is 25.8 Å². The van der Waals surface area contributed by atoms with Crippen LogP contribution in [-0.4, -0.2) is 36.2 Å². The molecule has 1 aliphatic carbocycles. The Morgan fingerprint density at radius 2 is 1.81 bits per heavy atom. The molecule has 1 aliphatic rings. The van der Waals surface area contributed by atoms with Crippen molar-refractivity contribution >= 4 is 42.9 Å². The van der Waals surface area contributed by atoms with E-state index >= 15 is 0 Å². The Kier molecular flexibility index (Phi) is 5.87. The number of carbonyl (C=O) groups excluding carboxylic acids is 1. The summed E-state index contributed by atoms with van der Waals surface area (Å²) in [6.45, 7) is 0. The first-order chi connectivity index (χ1) is 15.1. The van der Waals surface area contributed by atoms with Gasteiger partial charge in [0.15, 0.2) is 9.84 Å². The first-order valence-corrected chi connectivity index (χ1v) is 14.0. The molecule has 0 bridgehead atoms. The van der Waals surface area contributed by atoms with Crippen molar-refractivity contribution in [1.29, 1.82) is 0 Å². The zero-order valence-electron chi connectivity index (χ0n) is 17.4. The van der Waals surface area contributed by atoms with Gasteiger partial charge in [0.1, 0.15) is 0 Å². The number of benzene rings is 2. The Morgan fingerprint density at radius 3 is 2.41 bits per heavy atom. The van der Waals surface area contributed by atoms with Crippen molar-refractivity contribution in [1.82, 2.24) is 0 Å². The highest BCUT2D eigenvalue weighted by Crippen LogP contribution is 2.44. The molecule has 0 aliphatic heterocycles. The van der Waals surface area contributed by atoms with Gasteiger partial charge in [0.25, 0.3) is 10.0 Å². The highest BCUT2D eigenvalue weighted by atomic mass is 32.2. The molecule has 0 saturated heterocycles. The first-order valence-electron chi connectivity index (χ1n) is 9.73. The molecule has 10 heteroatoms. The maximum atomic E-state index is 13.5. The number of sulfonamides is 1. The lowest BCUT2D eigenvalue weighted by Gasteiger charge is -2.16. The maximum absolute atomic E-state index is 13.5. The Hall–Kier alpha value is -2.69. The second kappa shape index (κ2) is 8.34. The predicted molar refractivity (Wildman–Crippen MR) is 123 cm³/mol. The van der Waals surface area contributed by atoms with Gasteiger partial charge in [-0.2, -0.15) is 0 Å². The second-order valence-electron chi connectivity index (χ2n) is 7.58. The summed E-state index contributed by atoms with van der Waals surface area (Å²) in [7, 11) is -6.46. The van der Waals surface area contributed by atoms with Crippen LogP contribution in [0.1, 0.15) is 34.7 Å². The summed E-state index contributed by atoms with van der Waals surface area (Å²) < 4.78 is 58.5. The van der Waals surface area contributed by atoms with Crippen molar-refractivity contribution in [2.24, 2.45) is 0 Å². The molecule has 3 aromatic rings. The molecule has 0 radical (unpaired) electrons. The van der Waals surface area contributed by atoms with Crippen molar-refractivity contribution in [3.63, 3.8) is 0 Å². The molecular weight excluding hydrogens is 470 g/mol. The van der Waals surface area contributed by atoms with Gasteiger partial charge in [-0.05, 0) is 60.0 Å². The molecular formula is C22H21NO6S3. The third-order valence-electron chi connectivity index (χ3n) is 5.19. The third kappa shape index (κ3) is 4.57. The van der Waals surface area contributed by atoms with Gasteiger partial charge in [0.05, 0.1) is 28.2 Å². The molecule has 7 nitrogen and oxygen atoms in total. The SMILES string of the molecule is COC(=O)c1ccc(C2CC2)c(S(=O)(=O)Nc2cc(S(C)(=O)=O)ccc2-c2cccs2)c1. The molecule has 1 fully saturated rings. The van der Waals surface area contributed by atoms with E-state index in [1.54, 1.807) is 18.2 Å². The van der Waals surface area contributed by atoms with E-state index in [0.29, 0.717) is 11.1 Å². The van der Waals surface area contributed by atoms with Crippen LogP contribution in [0, 0.1) is 0 Å². The average Bonchev–Trinajstić information content (AvgIpc) is 3.45. The zero-order chi connectivity index (χ0) is 23.1. The molecule has 0 atom stereocenters. The van der Waals surface area contributed by atoms with Gasteiger partial charge in [0, 0.05) is 16.7 Å². The quantitative estimate of drug-likeness (QED) is 0.494. The van der Waals surface area contributed by atoms with Crippen LogP contribution in [-0.2, 0) is 24.6 Å². The summed E-state index contributed by atoms with van der Waals surface area (Å²) in [4.78, 5) is 12.8. The number of ether oxygens (including phenoxy) is 1. The molecule has 32 heavy (non-hydrogen) atoms. The average molecular weight is 492 g/mol. The molecule has 2 aromatic carbocycles. The Bertz CT molecular complexity index is 1390. The van der Waals surface area contributed by atoms with E-state index in [9.17, 15) is 21.6 Å². The van der Waals surface area contributed by atoms with E-state index in [2.05, 4.69) is 4.72 Å². The number of thiophene rings is 1. The topological polar surface area (TPSA) is 107 Å². The number of esters is 1. The van der Waals surface area contributed by atoms with E-state index in [-0.39, 0.29) is 27.0 Å². The van der Waals surface area contributed by atoms with Crippen LogP contribution in [0.5, 0.6) is 0 Å². The first kappa shape index (κ1) is 22.5. The lowest BCUT2D eigenvalue weighted by atomic mass is 10.1. The summed E-state index contributed by atoms with van der Waals surface area (Å²) in [6, 6.07) is 12.5. The van der Waals surface area contributed by atoms with Crippen LogP contribution in [0.2, 0.25) is 0 Å². The fraction of sp³-hybridized carbons (Fsp3) is 0.227. The van der Waals surface area contributed by atoms with Gasteiger partial charge < -0.3 is 4.74 Å². The molecule has 0 spiro atoms. The molecule has 168 valence electrons.